The van der Waals surface area contributed by atoms with E-state index in [1.807, 2.05) is 30.3 Å². The van der Waals surface area contributed by atoms with E-state index in [0.29, 0.717) is 5.69 Å². The van der Waals surface area contributed by atoms with Gasteiger partial charge in [-0.05, 0) is 23.8 Å². The molecule has 1 atom stereocenters. The molecule has 2 aromatic rings. The van der Waals surface area contributed by atoms with E-state index in [2.05, 4.69) is 5.32 Å². The Morgan fingerprint density at radius 2 is 1.81 bits per heavy atom. The summed E-state index contributed by atoms with van der Waals surface area (Å²) in [6.45, 7) is -0.110. The maximum Gasteiger partial charge on any atom is 0.240 e. The third kappa shape index (κ3) is 3.72. The summed E-state index contributed by atoms with van der Waals surface area (Å²) in [6.07, 6.45) is 0. The van der Waals surface area contributed by atoms with Gasteiger partial charge in [0.25, 0.3) is 0 Å². The second-order valence-electron chi connectivity index (χ2n) is 4.59. The minimum atomic E-state index is -3.84. The number of aliphatic hydroxyl groups is 1. The second kappa shape index (κ2) is 6.13. The van der Waals surface area contributed by atoms with Gasteiger partial charge in [0.1, 0.15) is 4.90 Å². The number of sulfonamides is 1. The number of aliphatic hydroxyl groups excluding tert-OH is 1. The molecule has 2 rings (SSSR count). The van der Waals surface area contributed by atoms with Crippen LogP contribution in [0.15, 0.2) is 53.4 Å². The topological polar surface area (TPSA) is 118 Å². The Morgan fingerprint density at radius 3 is 2.33 bits per heavy atom. The van der Waals surface area contributed by atoms with Gasteiger partial charge in [0.15, 0.2) is 0 Å². The lowest BCUT2D eigenvalue weighted by molar-refractivity contribution is 0.276. The third-order valence-electron chi connectivity index (χ3n) is 3.04. The summed E-state index contributed by atoms with van der Waals surface area (Å²) < 4.78 is 22.6. The maximum absolute atomic E-state index is 11.3. The van der Waals surface area contributed by atoms with E-state index >= 15 is 0 Å². The van der Waals surface area contributed by atoms with Crippen LogP contribution in [0.1, 0.15) is 11.6 Å². The summed E-state index contributed by atoms with van der Waals surface area (Å²) in [5.74, 6) is 0. The van der Waals surface area contributed by atoms with Crippen LogP contribution >= 0.6 is 0 Å². The molecule has 0 aromatic heterocycles. The smallest absolute Gasteiger partial charge is 0.240 e. The van der Waals surface area contributed by atoms with Crippen molar-refractivity contribution in [3.05, 3.63) is 54.1 Å². The molecule has 6 N–H and O–H groups in total. The van der Waals surface area contributed by atoms with Gasteiger partial charge in [-0.25, -0.2) is 13.6 Å². The SMILES string of the molecule is Nc1cc(NC(CO)c2ccccc2)ccc1S(N)(=O)=O. The van der Waals surface area contributed by atoms with E-state index in [-0.39, 0.29) is 23.2 Å². The zero-order chi connectivity index (χ0) is 15.5. The summed E-state index contributed by atoms with van der Waals surface area (Å²) in [5.41, 5.74) is 7.27. The van der Waals surface area contributed by atoms with Crippen molar-refractivity contribution in [2.24, 2.45) is 5.14 Å². The van der Waals surface area contributed by atoms with E-state index in [1.54, 1.807) is 6.07 Å². The van der Waals surface area contributed by atoms with Crippen LogP contribution in [0.25, 0.3) is 0 Å². The number of nitrogens with two attached hydrogens (primary N) is 2. The molecule has 0 aliphatic carbocycles. The summed E-state index contributed by atoms with van der Waals surface area (Å²) in [6, 6.07) is 13.5. The molecule has 0 amide bonds. The summed E-state index contributed by atoms with van der Waals surface area (Å²) in [7, 11) is -3.84. The van der Waals surface area contributed by atoms with Crippen molar-refractivity contribution in [1.29, 1.82) is 0 Å². The maximum atomic E-state index is 11.3. The molecule has 0 spiro atoms. The quantitative estimate of drug-likeness (QED) is 0.616. The molecule has 0 bridgehead atoms. The molecule has 2 aromatic carbocycles. The average molecular weight is 307 g/mol. The monoisotopic (exact) mass is 307 g/mol. The number of hydrogen-bond acceptors (Lipinski definition) is 5. The van der Waals surface area contributed by atoms with Gasteiger partial charge in [-0.1, -0.05) is 30.3 Å². The Kier molecular flexibility index (Phi) is 4.46. The molecule has 1 unspecified atom stereocenters. The van der Waals surface area contributed by atoms with E-state index in [1.165, 1.54) is 12.1 Å². The fourth-order valence-electron chi connectivity index (χ4n) is 2.02. The van der Waals surface area contributed by atoms with E-state index in [0.717, 1.165) is 5.56 Å². The van der Waals surface area contributed by atoms with Crippen LogP contribution in [0.2, 0.25) is 0 Å². The average Bonchev–Trinajstić information content (AvgIpc) is 2.44. The molecule has 0 saturated heterocycles. The van der Waals surface area contributed by atoms with Gasteiger partial charge in [0.2, 0.25) is 10.0 Å². The Bertz CT molecular complexity index is 717. The Morgan fingerprint density at radius 1 is 1.14 bits per heavy atom. The van der Waals surface area contributed by atoms with Gasteiger partial charge in [-0.3, -0.25) is 0 Å². The van der Waals surface area contributed by atoms with Crippen LogP contribution in [0.4, 0.5) is 11.4 Å². The first-order valence-corrected chi connectivity index (χ1v) is 7.81. The first-order chi connectivity index (χ1) is 9.91. The van der Waals surface area contributed by atoms with Crippen molar-refractivity contribution in [2.45, 2.75) is 10.9 Å². The Labute approximate surface area is 123 Å². The molecule has 21 heavy (non-hydrogen) atoms. The van der Waals surface area contributed by atoms with E-state index in [9.17, 15) is 13.5 Å². The number of nitrogens with one attached hydrogen (secondary N) is 1. The number of nitrogen functional groups attached to an aromatic ring is 1. The lowest BCUT2D eigenvalue weighted by Gasteiger charge is -2.18. The van der Waals surface area contributed by atoms with Crippen molar-refractivity contribution < 1.29 is 13.5 Å². The molecule has 0 aliphatic heterocycles. The van der Waals surface area contributed by atoms with Crippen molar-refractivity contribution >= 4 is 21.4 Å². The lowest BCUT2D eigenvalue weighted by atomic mass is 10.1. The predicted octanol–water partition coefficient (Wildman–Crippen LogP) is 1.06. The van der Waals surface area contributed by atoms with Gasteiger partial charge < -0.3 is 16.2 Å². The van der Waals surface area contributed by atoms with Crippen molar-refractivity contribution in [3.8, 4) is 0 Å². The highest BCUT2D eigenvalue weighted by atomic mass is 32.2. The molecule has 0 aliphatic rings. The highest BCUT2D eigenvalue weighted by molar-refractivity contribution is 7.89. The van der Waals surface area contributed by atoms with Crippen LogP contribution in [0, 0.1) is 0 Å². The van der Waals surface area contributed by atoms with Crippen LogP contribution in [-0.2, 0) is 10.0 Å². The minimum absolute atomic E-state index is 0.0623. The molecule has 0 saturated carbocycles. The molecule has 0 heterocycles. The van der Waals surface area contributed by atoms with Crippen molar-refractivity contribution in [3.63, 3.8) is 0 Å². The van der Waals surface area contributed by atoms with Crippen molar-refractivity contribution in [1.82, 2.24) is 0 Å². The molecule has 0 fully saturated rings. The number of anilines is 2. The highest BCUT2D eigenvalue weighted by Crippen LogP contribution is 2.24. The van der Waals surface area contributed by atoms with Gasteiger partial charge >= 0.3 is 0 Å². The summed E-state index contributed by atoms with van der Waals surface area (Å²) in [4.78, 5) is -0.117. The van der Waals surface area contributed by atoms with Gasteiger partial charge in [0, 0.05) is 5.69 Å². The third-order valence-corrected chi connectivity index (χ3v) is 4.03. The van der Waals surface area contributed by atoms with E-state index < -0.39 is 10.0 Å². The standard InChI is InChI=1S/C14H17N3O3S/c15-12-8-11(6-7-14(12)21(16,19)20)17-13(9-18)10-4-2-1-3-5-10/h1-8,13,17-18H,9,15H2,(H2,16,19,20). The molecule has 112 valence electrons. The zero-order valence-electron chi connectivity index (χ0n) is 11.2. The number of benzene rings is 2. The van der Waals surface area contributed by atoms with Gasteiger partial charge in [-0.2, -0.15) is 0 Å². The number of rotatable bonds is 5. The van der Waals surface area contributed by atoms with Crippen LogP contribution in [0.3, 0.4) is 0 Å². The molecule has 0 radical (unpaired) electrons. The zero-order valence-corrected chi connectivity index (χ0v) is 12.0. The highest BCUT2D eigenvalue weighted by Gasteiger charge is 2.14. The van der Waals surface area contributed by atoms with E-state index in [4.69, 9.17) is 10.9 Å². The first kappa shape index (κ1) is 15.3. The molecular weight excluding hydrogens is 290 g/mol. The van der Waals surface area contributed by atoms with Gasteiger partial charge in [0.05, 0.1) is 18.3 Å². The van der Waals surface area contributed by atoms with Crippen molar-refractivity contribution in [2.75, 3.05) is 17.7 Å². The first-order valence-electron chi connectivity index (χ1n) is 6.26. The van der Waals surface area contributed by atoms with Crippen LogP contribution in [0.5, 0.6) is 0 Å². The largest absolute Gasteiger partial charge is 0.398 e. The Hall–Kier alpha value is -2.09. The molecule has 6 nitrogen and oxygen atoms in total. The Balaban J connectivity index is 2.25. The summed E-state index contributed by atoms with van der Waals surface area (Å²) >= 11 is 0. The van der Waals surface area contributed by atoms with Crippen LogP contribution in [-0.4, -0.2) is 20.1 Å². The second-order valence-corrected chi connectivity index (χ2v) is 6.12. The predicted molar refractivity (Wildman–Crippen MR) is 82.1 cm³/mol. The normalized spacial score (nSPS) is 12.9. The summed E-state index contributed by atoms with van der Waals surface area (Å²) in [5, 5.41) is 17.6. The molecular formula is C14H17N3O3S. The lowest BCUT2D eigenvalue weighted by Crippen LogP contribution is -2.16. The fourth-order valence-corrected chi connectivity index (χ4v) is 2.66. The molecule has 7 heteroatoms. The van der Waals surface area contributed by atoms with Gasteiger partial charge in [-0.15, -0.1) is 0 Å². The van der Waals surface area contributed by atoms with Crippen LogP contribution < -0.4 is 16.2 Å². The number of primary sulfonamides is 1. The number of hydrogen-bond donors (Lipinski definition) is 4. The fraction of sp³-hybridized carbons (Fsp3) is 0.143. The minimum Gasteiger partial charge on any atom is -0.398 e.